The summed E-state index contributed by atoms with van der Waals surface area (Å²) in [5, 5.41) is 2.27. The summed E-state index contributed by atoms with van der Waals surface area (Å²) >= 11 is 6.11. The zero-order valence-electron chi connectivity index (χ0n) is 16.0. The van der Waals surface area contributed by atoms with Gasteiger partial charge in [0.2, 0.25) is 0 Å². The Bertz CT molecular complexity index is 1230. The zero-order chi connectivity index (χ0) is 22.8. The lowest BCUT2D eigenvalue weighted by molar-refractivity contribution is -0.137. The first kappa shape index (κ1) is 22.6. The molecule has 5 nitrogen and oxygen atoms in total. The van der Waals surface area contributed by atoms with Gasteiger partial charge in [-0.1, -0.05) is 35.4 Å². The lowest BCUT2D eigenvalue weighted by Gasteiger charge is -2.12. The van der Waals surface area contributed by atoms with Crippen LogP contribution in [-0.4, -0.2) is 14.3 Å². The second kappa shape index (κ2) is 8.60. The van der Waals surface area contributed by atoms with Gasteiger partial charge in [-0.05, 0) is 55.5 Å². The summed E-state index contributed by atoms with van der Waals surface area (Å²) in [4.78, 5) is 12.5. The molecule has 0 aliphatic heterocycles. The minimum absolute atomic E-state index is 0.0302. The van der Waals surface area contributed by atoms with Gasteiger partial charge in [0, 0.05) is 5.69 Å². The Morgan fingerprint density at radius 1 is 0.935 bits per heavy atom. The third kappa shape index (κ3) is 5.56. The van der Waals surface area contributed by atoms with Crippen LogP contribution < -0.4 is 10.0 Å². The van der Waals surface area contributed by atoms with E-state index in [2.05, 4.69) is 10.0 Å². The van der Waals surface area contributed by atoms with E-state index < -0.39 is 27.7 Å². The standard InChI is InChI=1S/C21H16ClF3N2O3S/c1-13-5-8-17(9-6-13)31(29,30)27-16-7-10-18(19(22)12-16)20(28)26-15-4-2-3-14(11-15)21(23,24)25/h2-12,27H,1H3,(H,26,28). The third-order valence-corrected chi connectivity index (χ3v) is 5.95. The number of sulfonamides is 1. The van der Waals surface area contributed by atoms with E-state index in [9.17, 15) is 26.4 Å². The van der Waals surface area contributed by atoms with Crippen molar-refractivity contribution in [3.05, 3.63) is 88.4 Å². The van der Waals surface area contributed by atoms with Crippen molar-refractivity contribution in [2.45, 2.75) is 18.0 Å². The van der Waals surface area contributed by atoms with E-state index in [-0.39, 0.29) is 26.9 Å². The Kier molecular flexibility index (Phi) is 6.28. The van der Waals surface area contributed by atoms with Gasteiger partial charge in [0.25, 0.3) is 15.9 Å². The molecule has 3 aromatic carbocycles. The number of carbonyl (C=O) groups excluding carboxylic acids is 1. The minimum atomic E-state index is -4.55. The molecular formula is C21H16ClF3N2O3S. The third-order valence-electron chi connectivity index (χ3n) is 4.24. The number of amides is 1. The molecule has 0 aliphatic carbocycles. The minimum Gasteiger partial charge on any atom is -0.322 e. The normalized spacial score (nSPS) is 11.8. The molecule has 31 heavy (non-hydrogen) atoms. The van der Waals surface area contributed by atoms with Gasteiger partial charge < -0.3 is 5.32 Å². The highest BCUT2D eigenvalue weighted by atomic mass is 35.5. The highest BCUT2D eigenvalue weighted by molar-refractivity contribution is 7.92. The smallest absolute Gasteiger partial charge is 0.322 e. The number of rotatable bonds is 5. The maximum atomic E-state index is 12.8. The zero-order valence-corrected chi connectivity index (χ0v) is 17.6. The molecule has 3 rings (SSSR count). The number of hydrogen-bond donors (Lipinski definition) is 2. The van der Waals surface area contributed by atoms with E-state index in [1.165, 1.54) is 42.5 Å². The average molecular weight is 469 g/mol. The molecule has 0 bridgehead atoms. The van der Waals surface area contributed by atoms with Gasteiger partial charge in [0.15, 0.2) is 0 Å². The van der Waals surface area contributed by atoms with Gasteiger partial charge in [0.1, 0.15) is 0 Å². The number of nitrogens with one attached hydrogen (secondary N) is 2. The Hall–Kier alpha value is -3.04. The summed E-state index contributed by atoms with van der Waals surface area (Å²) in [7, 11) is -3.86. The van der Waals surface area contributed by atoms with Crippen LogP contribution >= 0.6 is 11.6 Å². The molecule has 0 saturated heterocycles. The van der Waals surface area contributed by atoms with Crippen LogP contribution in [0.1, 0.15) is 21.5 Å². The molecule has 10 heteroatoms. The van der Waals surface area contributed by atoms with Crippen molar-refractivity contribution in [3.63, 3.8) is 0 Å². The Morgan fingerprint density at radius 2 is 1.61 bits per heavy atom. The Labute approximate surface area is 181 Å². The Balaban J connectivity index is 1.77. The predicted molar refractivity (Wildman–Crippen MR) is 113 cm³/mol. The number of halogens is 4. The van der Waals surface area contributed by atoms with Crippen molar-refractivity contribution in [1.29, 1.82) is 0 Å². The molecule has 0 aromatic heterocycles. The number of hydrogen-bond acceptors (Lipinski definition) is 3. The topological polar surface area (TPSA) is 75.3 Å². The van der Waals surface area contributed by atoms with Crippen molar-refractivity contribution in [2.24, 2.45) is 0 Å². The summed E-state index contributed by atoms with van der Waals surface area (Å²) in [6.45, 7) is 1.83. The second-order valence-corrected chi connectivity index (χ2v) is 8.74. The van der Waals surface area contributed by atoms with Crippen molar-refractivity contribution in [2.75, 3.05) is 10.0 Å². The summed E-state index contributed by atoms with van der Waals surface area (Å²) < 4.78 is 65.8. The fraction of sp³-hybridized carbons (Fsp3) is 0.0952. The van der Waals surface area contributed by atoms with E-state index in [0.717, 1.165) is 17.7 Å². The Morgan fingerprint density at radius 3 is 2.23 bits per heavy atom. The molecular weight excluding hydrogens is 453 g/mol. The fourth-order valence-electron chi connectivity index (χ4n) is 2.67. The van der Waals surface area contributed by atoms with Crippen LogP contribution in [0.15, 0.2) is 71.6 Å². The molecule has 0 atom stereocenters. The van der Waals surface area contributed by atoms with Crippen LogP contribution in [0.5, 0.6) is 0 Å². The molecule has 0 radical (unpaired) electrons. The lowest BCUT2D eigenvalue weighted by Crippen LogP contribution is -2.15. The van der Waals surface area contributed by atoms with E-state index in [1.807, 2.05) is 6.92 Å². The number of alkyl halides is 3. The summed E-state index contributed by atoms with van der Waals surface area (Å²) in [5.74, 6) is -0.739. The van der Waals surface area contributed by atoms with Crippen LogP contribution in [0.4, 0.5) is 24.5 Å². The highest BCUT2D eigenvalue weighted by Crippen LogP contribution is 2.31. The number of anilines is 2. The van der Waals surface area contributed by atoms with Crippen LogP contribution in [0.2, 0.25) is 5.02 Å². The second-order valence-electron chi connectivity index (χ2n) is 6.65. The molecule has 0 heterocycles. The highest BCUT2D eigenvalue weighted by Gasteiger charge is 2.30. The van der Waals surface area contributed by atoms with Crippen molar-refractivity contribution < 1.29 is 26.4 Å². The van der Waals surface area contributed by atoms with Gasteiger partial charge in [-0.15, -0.1) is 0 Å². The van der Waals surface area contributed by atoms with Crippen molar-refractivity contribution >= 4 is 38.9 Å². The van der Waals surface area contributed by atoms with Crippen LogP contribution in [-0.2, 0) is 16.2 Å². The molecule has 0 saturated carbocycles. The molecule has 0 aliphatic rings. The van der Waals surface area contributed by atoms with Crippen LogP contribution in [0.25, 0.3) is 0 Å². The quantitative estimate of drug-likeness (QED) is 0.503. The number of carbonyl (C=O) groups is 1. The maximum absolute atomic E-state index is 12.8. The molecule has 2 N–H and O–H groups in total. The fourth-order valence-corrected chi connectivity index (χ4v) is 3.98. The van der Waals surface area contributed by atoms with E-state index in [1.54, 1.807) is 12.1 Å². The predicted octanol–water partition coefficient (Wildman–Crippen LogP) is 5.72. The molecule has 0 spiro atoms. The van der Waals surface area contributed by atoms with Crippen LogP contribution in [0, 0.1) is 6.92 Å². The monoisotopic (exact) mass is 468 g/mol. The SMILES string of the molecule is Cc1ccc(S(=O)(=O)Nc2ccc(C(=O)Nc3cccc(C(F)(F)F)c3)c(Cl)c2)cc1. The van der Waals surface area contributed by atoms with Gasteiger partial charge in [-0.25, -0.2) is 8.42 Å². The van der Waals surface area contributed by atoms with E-state index in [4.69, 9.17) is 11.6 Å². The van der Waals surface area contributed by atoms with Gasteiger partial charge in [-0.3, -0.25) is 9.52 Å². The van der Waals surface area contributed by atoms with Crippen molar-refractivity contribution in [3.8, 4) is 0 Å². The number of benzene rings is 3. The summed E-state index contributed by atoms with van der Waals surface area (Å²) in [6, 6.07) is 14.2. The molecule has 162 valence electrons. The number of aryl methyl sites for hydroxylation is 1. The molecule has 0 unspecified atom stereocenters. The summed E-state index contributed by atoms with van der Waals surface area (Å²) in [6.07, 6.45) is -4.55. The first-order valence-corrected chi connectivity index (χ1v) is 10.7. The van der Waals surface area contributed by atoms with Crippen LogP contribution in [0.3, 0.4) is 0 Å². The first-order valence-electron chi connectivity index (χ1n) is 8.83. The maximum Gasteiger partial charge on any atom is 0.416 e. The van der Waals surface area contributed by atoms with E-state index in [0.29, 0.717) is 0 Å². The molecule has 0 fully saturated rings. The van der Waals surface area contributed by atoms with Gasteiger partial charge in [-0.2, -0.15) is 13.2 Å². The molecule has 3 aromatic rings. The average Bonchev–Trinajstić information content (AvgIpc) is 2.67. The molecule has 1 amide bonds. The van der Waals surface area contributed by atoms with Gasteiger partial charge in [0.05, 0.1) is 26.7 Å². The largest absolute Gasteiger partial charge is 0.416 e. The first-order chi connectivity index (χ1) is 14.5. The van der Waals surface area contributed by atoms with Crippen molar-refractivity contribution in [1.82, 2.24) is 0 Å². The summed E-state index contributed by atoms with van der Waals surface area (Å²) in [5.41, 5.74) is 0.0361. The van der Waals surface area contributed by atoms with E-state index >= 15 is 0 Å². The van der Waals surface area contributed by atoms with Gasteiger partial charge >= 0.3 is 6.18 Å². The lowest BCUT2D eigenvalue weighted by atomic mass is 10.1.